The molecule has 0 N–H and O–H groups in total. The summed E-state index contributed by atoms with van der Waals surface area (Å²) in [5, 5.41) is 0.115. The van der Waals surface area contributed by atoms with Crippen molar-refractivity contribution in [3.05, 3.63) is 36.7 Å². The average molecular weight is 377 g/mol. The number of carbonyl (C=O) groups excluding carboxylic acids is 1. The number of anilines is 1. The fraction of sp³-hybridized carbons (Fsp3) is 0.500. The molecule has 2 rings (SSSR count). The molecule has 2 aromatic rings. The number of hydrogen-bond donors (Lipinski definition) is 0. The van der Waals surface area contributed by atoms with Gasteiger partial charge in [0, 0.05) is 44.8 Å². The van der Waals surface area contributed by atoms with Gasteiger partial charge in [0.2, 0.25) is 5.95 Å². The number of rotatable bonds is 10. The molecule has 0 atom stereocenters. The minimum absolute atomic E-state index is 0.115. The third kappa shape index (κ3) is 6.95. The quantitative estimate of drug-likeness (QED) is 0.587. The minimum atomic E-state index is 0.115. The van der Waals surface area contributed by atoms with Crippen LogP contribution in [0.3, 0.4) is 0 Å². The summed E-state index contributed by atoms with van der Waals surface area (Å²) in [6.45, 7) is 3.52. The Balaban J connectivity index is 1.65. The van der Waals surface area contributed by atoms with Crippen LogP contribution in [0.5, 0.6) is 5.75 Å². The van der Waals surface area contributed by atoms with Crippen molar-refractivity contribution in [2.24, 2.45) is 0 Å². The van der Waals surface area contributed by atoms with Crippen LogP contribution >= 0.6 is 11.8 Å². The molecular weight excluding hydrogens is 350 g/mol. The Morgan fingerprint density at radius 3 is 2.73 bits per heavy atom. The Hall–Kier alpha value is -2.22. The average Bonchev–Trinajstić information content (AvgIpc) is 2.64. The third-order valence-electron chi connectivity index (χ3n) is 3.52. The number of pyridine rings is 1. The largest absolute Gasteiger partial charge is 0.493 e. The molecule has 2 heterocycles. The maximum absolute atomic E-state index is 12.0. The second kappa shape index (κ2) is 10.7. The molecule has 0 aliphatic carbocycles. The predicted octanol–water partition coefficient (Wildman–Crippen LogP) is 1.91. The van der Waals surface area contributed by atoms with E-state index in [1.165, 1.54) is 18.1 Å². The first-order chi connectivity index (χ1) is 12.6. The van der Waals surface area contributed by atoms with Gasteiger partial charge in [0.25, 0.3) is 0 Å². The summed E-state index contributed by atoms with van der Waals surface area (Å²) in [6, 6.07) is 3.85. The van der Waals surface area contributed by atoms with Gasteiger partial charge in [-0.2, -0.15) is 4.98 Å². The molecule has 2 aromatic heterocycles. The summed E-state index contributed by atoms with van der Waals surface area (Å²) in [7, 11) is 3.76. The molecule has 0 radical (unpaired) electrons. The highest BCUT2D eigenvalue weighted by atomic mass is 32.2. The van der Waals surface area contributed by atoms with Crippen molar-refractivity contribution in [3.63, 3.8) is 0 Å². The number of nitrogens with zero attached hydrogens (tertiary/aromatic N) is 5. The molecule has 0 aromatic carbocycles. The zero-order valence-electron chi connectivity index (χ0n) is 15.6. The van der Waals surface area contributed by atoms with Gasteiger partial charge in [0.1, 0.15) is 24.4 Å². The molecule has 8 heteroatoms. The maximum Gasteiger partial charge on any atom is 0.228 e. The van der Waals surface area contributed by atoms with Gasteiger partial charge in [0.15, 0.2) is 17.5 Å². The zero-order valence-corrected chi connectivity index (χ0v) is 16.4. The molecule has 0 saturated heterocycles. The lowest BCUT2D eigenvalue weighted by Gasteiger charge is -2.09. The summed E-state index contributed by atoms with van der Waals surface area (Å²) in [6.07, 6.45) is 7.60. The molecule has 140 valence electrons. The topological polar surface area (TPSA) is 72.1 Å². The summed E-state index contributed by atoms with van der Waals surface area (Å²) in [5.74, 6) is 2.77. The van der Waals surface area contributed by atoms with Crippen molar-refractivity contribution in [1.82, 2.24) is 15.0 Å². The van der Waals surface area contributed by atoms with Crippen molar-refractivity contribution in [3.8, 4) is 5.75 Å². The van der Waals surface area contributed by atoms with Crippen LogP contribution in [0.25, 0.3) is 0 Å². The number of thioether (sulfide) groups is 1. The van der Waals surface area contributed by atoms with Crippen molar-refractivity contribution < 1.29 is 14.1 Å². The molecule has 0 saturated carbocycles. The maximum atomic E-state index is 12.0. The molecule has 26 heavy (non-hydrogen) atoms. The van der Waals surface area contributed by atoms with Gasteiger partial charge < -0.3 is 9.64 Å². The summed E-state index contributed by atoms with van der Waals surface area (Å²) in [4.78, 5) is 26.3. The van der Waals surface area contributed by atoms with E-state index in [1.54, 1.807) is 0 Å². The van der Waals surface area contributed by atoms with Crippen molar-refractivity contribution in [2.75, 3.05) is 31.4 Å². The molecule has 0 fully saturated rings. The van der Waals surface area contributed by atoms with Crippen molar-refractivity contribution in [2.45, 2.75) is 32.7 Å². The van der Waals surface area contributed by atoms with Gasteiger partial charge in [-0.25, -0.2) is 14.5 Å². The summed E-state index contributed by atoms with van der Waals surface area (Å²) >= 11 is 1.29. The van der Waals surface area contributed by atoms with Gasteiger partial charge in [-0.05, 0) is 0 Å². The molecule has 7 nitrogen and oxygen atoms in total. The number of aryl methyl sites for hydroxylation is 2. The van der Waals surface area contributed by atoms with Gasteiger partial charge in [-0.1, -0.05) is 18.7 Å². The van der Waals surface area contributed by atoms with E-state index >= 15 is 0 Å². The zero-order chi connectivity index (χ0) is 18.8. The van der Waals surface area contributed by atoms with E-state index in [9.17, 15) is 4.79 Å². The first-order valence-electron chi connectivity index (χ1n) is 8.71. The van der Waals surface area contributed by atoms with Gasteiger partial charge in [-0.15, -0.1) is 0 Å². The second-order valence-corrected chi connectivity index (χ2v) is 7.09. The van der Waals surface area contributed by atoms with E-state index in [-0.39, 0.29) is 5.12 Å². The molecule has 0 aliphatic rings. The number of aromatic nitrogens is 4. The Bertz CT molecular complexity index is 694. The highest BCUT2D eigenvalue weighted by Crippen LogP contribution is 2.11. The Kier molecular flexibility index (Phi) is 8.27. The van der Waals surface area contributed by atoms with Crippen LogP contribution in [-0.4, -0.2) is 46.5 Å². The minimum Gasteiger partial charge on any atom is -0.493 e. The standard InChI is InChI=1S/C18H26N5O2S/c1-4-9-23-10-5-15(6-11-23)25-12-7-17(24)26-13-8-16-19-14-20-18(21-16)22(2)3/h5-6,10-11,14H,4,7-9,12-13H2,1-3H3/q+1. The summed E-state index contributed by atoms with van der Waals surface area (Å²) in [5.41, 5.74) is 0. The fourth-order valence-electron chi connectivity index (χ4n) is 2.18. The smallest absolute Gasteiger partial charge is 0.228 e. The van der Waals surface area contributed by atoms with E-state index < -0.39 is 0 Å². The highest BCUT2D eigenvalue weighted by Gasteiger charge is 2.07. The van der Waals surface area contributed by atoms with E-state index in [2.05, 4.69) is 26.4 Å². The number of hydrogen-bond acceptors (Lipinski definition) is 7. The Morgan fingerprint density at radius 2 is 2.04 bits per heavy atom. The Morgan fingerprint density at radius 1 is 1.27 bits per heavy atom. The monoisotopic (exact) mass is 376 g/mol. The lowest BCUT2D eigenvalue weighted by molar-refractivity contribution is -0.697. The van der Waals surface area contributed by atoms with E-state index in [0.29, 0.717) is 37.0 Å². The van der Waals surface area contributed by atoms with Gasteiger partial charge in [0.05, 0.1) is 13.0 Å². The SMILES string of the molecule is CCC[n+]1ccc(OCCC(=O)SCCc2ncnc(N(C)C)n2)cc1. The van der Waals surface area contributed by atoms with Crippen molar-refractivity contribution >= 4 is 22.8 Å². The first-order valence-corrected chi connectivity index (χ1v) is 9.70. The van der Waals surface area contributed by atoms with Crippen LogP contribution in [0.15, 0.2) is 30.9 Å². The normalized spacial score (nSPS) is 10.6. The molecule has 0 amide bonds. The fourth-order valence-corrected chi connectivity index (χ4v) is 2.92. The van der Waals surface area contributed by atoms with E-state index in [1.807, 2.05) is 43.5 Å². The number of ether oxygens (including phenoxy) is 1. The first kappa shape index (κ1) is 20.1. The summed E-state index contributed by atoms with van der Waals surface area (Å²) < 4.78 is 7.74. The van der Waals surface area contributed by atoms with E-state index in [0.717, 1.165) is 18.7 Å². The van der Waals surface area contributed by atoms with Crippen LogP contribution in [0.1, 0.15) is 25.6 Å². The highest BCUT2D eigenvalue weighted by molar-refractivity contribution is 8.13. The molecule has 0 spiro atoms. The second-order valence-electron chi connectivity index (χ2n) is 5.94. The van der Waals surface area contributed by atoms with Gasteiger partial charge in [-0.3, -0.25) is 4.79 Å². The number of carbonyl (C=O) groups is 1. The molecule has 0 aliphatic heterocycles. The van der Waals surface area contributed by atoms with E-state index in [4.69, 9.17) is 4.74 Å². The van der Waals surface area contributed by atoms with Crippen LogP contribution in [-0.2, 0) is 17.8 Å². The third-order valence-corrected chi connectivity index (χ3v) is 4.45. The van der Waals surface area contributed by atoms with Crippen LogP contribution in [0.4, 0.5) is 5.95 Å². The predicted molar refractivity (Wildman–Crippen MR) is 102 cm³/mol. The van der Waals surface area contributed by atoms with Crippen molar-refractivity contribution in [1.29, 1.82) is 0 Å². The Labute approximate surface area is 158 Å². The van der Waals surface area contributed by atoms with Crippen LogP contribution in [0, 0.1) is 0 Å². The lowest BCUT2D eigenvalue weighted by atomic mass is 10.4. The lowest BCUT2D eigenvalue weighted by Crippen LogP contribution is -2.31. The molecule has 0 unspecified atom stereocenters. The van der Waals surface area contributed by atoms with Crippen LogP contribution in [0.2, 0.25) is 0 Å². The molecule has 0 bridgehead atoms. The van der Waals surface area contributed by atoms with Gasteiger partial charge >= 0.3 is 0 Å². The molecular formula is C18H26N5O2S+. The van der Waals surface area contributed by atoms with Crippen LogP contribution < -0.4 is 14.2 Å².